The first-order valence-electron chi connectivity index (χ1n) is 5.40. The van der Waals surface area contributed by atoms with Crippen molar-refractivity contribution in [1.29, 1.82) is 0 Å². The van der Waals surface area contributed by atoms with Crippen LogP contribution in [0.25, 0.3) is 0 Å². The maximum Gasteiger partial charge on any atom is 0.122 e. The number of aryl methyl sites for hydroxylation is 1. The fraction of sp³-hybridized carbons (Fsp3) is 0.417. The Hall–Kier alpha value is -1.55. The Bertz CT molecular complexity index is 470. The molecule has 2 rings (SSSR count). The van der Waals surface area contributed by atoms with Crippen LogP contribution in [-0.4, -0.2) is 16.6 Å². The molecule has 0 fully saturated rings. The van der Waals surface area contributed by atoms with Gasteiger partial charge < -0.3 is 14.3 Å². The zero-order valence-electron chi connectivity index (χ0n) is 9.95. The van der Waals surface area contributed by atoms with Gasteiger partial charge in [0.1, 0.15) is 5.76 Å². The highest BCUT2D eigenvalue weighted by Gasteiger charge is 2.08. The van der Waals surface area contributed by atoms with Gasteiger partial charge in [0.05, 0.1) is 31.4 Å². The number of nitrogens with one attached hydrogen (secondary N) is 1. The minimum atomic E-state index is 0.759. The fourth-order valence-corrected chi connectivity index (χ4v) is 1.71. The third-order valence-corrected chi connectivity index (χ3v) is 2.86. The predicted octanol–water partition coefficient (Wildman–Crippen LogP) is 1.86. The lowest BCUT2D eigenvalue weighted by Crippen LogP contribution is -2.08. The lowest BCUT2D eigenvalue weighted by molar-refractivity contribution is 0.488. The van der Waals surface area contributed by atoms with Gasteiger partial charge in [-0.3, -0.25) is 0 Å². The standard InChI is InChI=1S/C12H17N3O/c1-9-10(2)15(8-14-9)7-11-4-5-16-12(11)6-13-3/h4-5,8,13H,6-7H2,1-3H3. The van der Waals surface area contributed by atoms with Crippen LogP contribution in [0.3, 0.4) is 0 Å². The monoisotopic (exact) mass is 219 g/mol. The largest absolute Gasteiger partial charge is 0.468 e. The zero-order chi connectivity index (χ0) is 11.5. The molecule has 2 aromatic heterocycles. The second kappa shape index (κ2) is 4.53. The molecule has 0 aliphatic heterocycles. The van der Waals surface area contributed by atoms with Crippen LogP contribution >= 0.6 is 0 Å². The molecule has 0 aliphatic rings. The molecule has 0 unspecified atom stereocenters. The van der Waals surface area contributed by atoms with Crippen molar-refractivity contribution in [3.63, 3.8) is 0 Å². The van der Waals surface area contributed by atoms with E-state index in [0.29, 0.717) is 0 Å². The summed E-state index contributed by atoms with van der Waals surface area (Å²) in [6, 6.07) is 2.02. The van der Waals surface area contributed by atoms with E-state index in [2.05, 4.69) is 21.8 Å². The van der Waals surface area contributed by atoms with Crippen LogP contribution in [0.15, 0.2) is 23.1 Å². The third kappa shape index (κ3) is 2.02. The lowest BCUT2D eigenvalue weighted by atomic mass is 10.2. The van der Waals surface area contributed by atoms with Crippen LogP contribution in [0.2, 0.25) is 0 Å². The maximum atomic E-state index is 5.43. The van der Waals surface area contributed by atoms with E-state index in [4.69, 9.17) is 4.42 Å². The van der Waals surface area contributed by atoms with Crippen LogP contribution in [0.4, 0.5) is 0 Å². The van der Waals surface area contributed by atoms with E-state index in [-0.39, 0.29) is 0 Å². The topological polar surface area (TPSA) is 43.0 Å². The van der Waals surface area contributed by atoms with Gasteiger partial charge in [0.15, 0.2) is 0 Å². The summed E-state index contributed by atoms with van der Waals surface area (Å²) in [5, 5.41) is 3.10. The molecule has 2 heterocycles. The second-order valence-corrected chi connectivity index (χ2v) is 3.94. The summed E-state index contributed by atoms with van der Waals surface area (Å²) in [6.07, 6.45) is 3.61. The second-order valence-electron chi connectivity index (χ2n) is 3.94. The quantitative estimate of drug-likeness (QED) is 0.853. The van der Waals surface area contributed by atoms with E-state index >= 15 is 0 Å². The minimum absolute atomic E-state index is 0.759. The van der Waals surface area contributed by atoms with Crippen LogP contribution in [0, 0.1) is 13.8 Å². The van der Waals surface area contributed by atoms with Gasteiger partial charge in [0, 0.05) is 11.3 Å². The number of nitrogens with zero attached hydrogens (tertiary/aromatic N) is 2. The molecule has 4 nitrogen and oxygen atoms in total. The number of rotatable bonds is 4. The summed E-state index contributed by atoms with van der Waals surface area (Å²) in [4.78, 5) is 4.29. The van der Waals surface area contributed by atoms with Gasteiger partial charge in [-0.05, 0) is 27.0 Å². The number of aromatic nitrogens is 2. The molecular formula is C12H17N3O. The van der Waals surface area contributed by atoms with Crippen molar-refractivity contribution >= 4 is 0 Å². The number of hydrogen-bond acceptors (Lipinski definition) is 3. The molecule has 4 heteroatoms. The molecule has 0 aliphatic carbocycles. The molecule has 0 aromatic carbocycles. The molecule has 0 atom stereocenters. The summed E-state index contributed by atoms with van der Waals surface area (Å²) in [5.74, 6) is 0.994. The molecule has 0 amide bonds. The number of hydrogen-bond donors (Lipinski definition) is 1. The van der Waals surface area contributed by atoms with E-state index in [1.807, 2.05) is 26.4 Å². The van der Waals surface area contributed by atoms with Crippen molar-refractivity contribution in [3.8, 4) is 0 Å². The smallest absolute Gasteiger partial charge is 0.122 e. The molecule has 1 N–H and O–H groups in total. The van der Waals surface area contributed by atoms with Crippen LogP contribution in [0.5, 0.6) is 0 Å². The molecule has 0 bridgehead atoms. The third-order valence-electron chi connectivity index (χ3n) is 2.86. The predicted molar refractivity (Wildman–Crippen MR) is 62.3 cm³/mol. The van der Waals surface area contributed by atoms with E-state index in [1.54, 1.807) is 6.26 Å². The van der Waals surface area contributed by atoms with Crippen LogP contribution < -0.4 is 5.32 Å². The van der Waals surface area contributed by atoms with E-state index in [0.717, 1.165) is 24.5 Å². The highest BCUT2D eigenvalue weighted by atomic mass is 16.3. The summed E-state index contributed by atoms with van der Waals surface area (Å²) in [5.41, 5.74) is 3.49. The van der Waals surface area contributed by atoms with Gasteiger partial charge in [-0.25, -0.2) is 4.98 Å². The summed E-state index contributed by atoms with van der Waals surface area (Å²) in [7, 11) is 1.92. The van der Waals surface area contributed by atoms with Gasteiger partial charge in [0.25, 0.3) is 0 Å². The van der Waals surface area contributed by atoms with Crippen molar-refractivity contribution < 1.29 is 4.42 Å². The Balaban J connectivity index is 2.20. The fourth-order valence-electron chi connectivity index (χ4n) is 1.71. The highest BCUT2D eigenvalue weighted by molar-refractivity contribution is 5.19. The number of furan rings is 1. The Morgan fingerprint density at radius 1 is 1.44 bits per heavy atom. The average molecular weight is 219 g/mol. The Labute approximate surface area is 95.3 Å². The summed E-state index contributed by atoms with van der Waals surface area (Å²) < 4.78 is 7.57. The van der Waals surface area contributed by atoms with Crippen molar-refractivity contribution in [2.45, 2.75) is 26.9 Å². The van der Waals surface area contributed by atoms with E-state index < -0.39 is 0 Å². The Kier molecular flexibility index (Phi) is 3.10. The van der Waals surface area contributed by atoms with Crippen LogP contribution in [0.1, 0.15) is 22.7 Å². The average Bonchev–Trinajstić information content (AvgIpc) is 2.82. The maximum absolute atomic E-state index is 5.43. The first kappa shape index (κ1) is 11.0. The summed E-state index contributed by atoms with van der Waals surface area (Å²) >= 11 is 0. The first-order chi connectivity index (χ1) is 7.72. The normalized spacial score (nSPS) is 10.9. The van der Waals surface area contributed by atoms with Gasteiger partial charge in [-0.2, -0.15) is 0 Å². The molecule has 0 saturated carbocycles. The molecule has 86 valence electrons. The minimum Gasteiger partial charge on any atom is -0.468 e. The molecule has 0 spiro atoms. The van der Waals surface area contributed by atoms with Crippen molar-refractivity contribution in [2.75, 3.05) is 7.05 Å². The van der Waals surface area contributed by atoms with Gasteiger partial charge >= 0.3 is 0 Å². The van der Waals surface area contributed by atoms with Crippen molar-refractivity contribution in [3.05, 3.63) is 41.4 Å². The molecular weight excluding hydrogens is 202 g/mol. The van der Waals surface area contributed by atoms with Gasteiger partial charge in [0.2, 0.25) is 0 Å². The molecule has 16 heavy (non-hydrogen) atoms. The first-order valence-corrected chi connectivity index (χ1v) is 5.40. The van der Waals surface area contributed by atoms with E-state index in [9.17, 15) is 0 Å². The van der Waals surface area contributed by atoms with Crippen LogP contribution in [-0.2, 0) is 13.1 Å². The Morgan fingerprint density at radius 3 is 2.88 bits per heavy atom. The number of imidazole rings is 1. The summed E-state index contributed by atoms with van der Waals surface area (Å²) in [6.45, 7) is 5.69. The van der Waals surface area contributed by atoms with Gasteiger partial charge in [-0.15, -0.1) is 0 Å². The molecule has 0 saturated heterocycles. The highest BCUT2D eigenvalue weighted by Crippen LogP contribution is 2.14. The lowest BCUT2D eigenvalue weighted by Gasteiger charge is -2.05. The van der Waals surface area contributed by atoms with Gasteiger partial charge in [-0.1, -0.05) is 0 Å². The zero-order valence-corrected chi connectivity index (χ0v) is 9.95. The molecule has 0 radical (unpaired) electrons. The van der Waals surface area contributed by atoms with E-state index in [1.165, 1.54) is 11.3 Å². The Morgan fingerprint density at radius 2 is 2.25 bits per heavy atom. The van der Waals surface area contributed by atoms with Crippen molar-refractivity contribution in [1.82, 2.24) is 14.9 Å². The molecule has 2 aromatic rings. The van der Waals surface area contributed by atoms with Crippen molar-refractivity contribution in [2.24, 2.45) is 0 Å². The SMILES string of the molecule is CNCc1occc1Cn1cnc(C)c1C.